The molecule has 4 heteroatoms. The fourth-order valence-corrected chi connectivity index (χ4v) is 2.09. The second-order valence-electron chi connectivity index (χ2n) is 5.79. The Labute approximate surface area is 113 Å². The lowest BCUT2D eigenvalue weighted by atomic mass is 9.90. The summed E-state index contributed by atoms with van der Waals surface area (Å²) < 4.78 is 5.30. The van der Waals surface area contributed by atoms with E-state index in [4.69, 9.17) is 15.6 Å². The highest BCUT2D eigenvalue weighted by atomic mass is 16.5. The number of nitrogen functional groups attached to an aromatic ring is 1. The zero-order valence-corrected chi connectivity index (χ0v) is 12.2. The number of ether oxygens (including phenoxy) is 1. The third-order valence-electron chi connectivity index (χ3n) is 3.24. The van der Waals surface area contributed by atoms with Crippen LogP contribution in [0.3, 0.4) is 0 Å². The molecule has 0 radical (unpaired) electrons. The molecule has 0 amide bonds. The summed E-state index contributed by atoms with van der Waals surface area (Å²) in [5, 5.41) is 0.979. The second kappa shape index (κ2) is 4.70. The van der Waals surface area contributed by atoms with Gasteiger partial charge in [0.05, 0.1) is 18.3 Å². The van der Waals surface area contributed by atoms with E-state index in [1.54, 1.807) is 7.11 Å². The van der Waals surface area contributed by atoms with Crippen LogP contribution in [0.5, 0.6) is 5.75 Å². The van der Waals surface area contributed by atoms with Gasteiger partial charge in [-0.05, 0) is 30.7 Å². The lowest BCUT2D eigenvalue weighted by Crippen LogP contribution is -2.16. The van der Waals surface area contributed by atoms with Crippen LogP contribution >= 0.6 is 0 Å². The Morgan fingerprint density at radius 3 is 2.42 bits per heavy atom. The molecule has 102 valence electrons. The van der Waals surface area contributed by atoms with E-state index in [1.165, 1.54) is 0 Å². The number of hydrogen-bond donors (Lipinski definition) is 2. The van der Waals surface area contributed by atoms with Crippen LogP contribution in [0.4, 0.5) is 5.69 Å². The number of fused-ring (bicyclic) bond motifs is 1. The number of pyridine rings is 1. The van der Waals surface area contributed by atoms with E-state index in [2.05, 4.69) is 26.2 Å². The van der Waals surface area contributed by atoms with E-state index in [0.717, 1.165) is 33.6 Å². The monoisotopic (exact) mass is 259 g/mol. The Bertz CT molecular complexity index is 615. The lowest BCUT2D eigenvalue weighted by molar-refractivity contribution is 0.415. The molecular weight excluding hydrogens is 238 g/mol. The molecule has 0 spiro atoms. The second-order valence-corrected chi connectivity index (χ2v) is 5.79. The number of anilines is 1. The van der Waals surface area contributed by atoms with E-state index in [1.807, 2.05) is 25.1 Å². The molecule has 0 saturated carbocycles. The van der Waals surface area contributed by atoms with E-state index in [9.17, 15) is 0 Å². The molecule has 4 nitrogen and oxygen atoms in total. The van der Waals surface area contributed by atoms with Crippen LogP contribution in [-0.2, 0) is 5.41 Å². The van der Waals surface area contributed by atoms with Gasteiger partial charge in [0.2, 0.25) is 0 Å². The van der Waals surface area contributed by atoms with Gasteiger partial charge in [0.25, 0.3) is 0 Å². The number of nitrogens with one attached hydrogen (secondary N) is 1. The molecule has 0 atom stereocenters. The minimum absolute atomic E-state index is 0.0217. The Balaban J connectivity index is 2.81. The minimum Gasteiger partial charge on any atom is -0.497 e. The van der Waals surface area contributed by atoms with Gasteiger partial charge < -0.3 is 10.2 Å². The van der Waals surface area contributed by atoms with E-state index in [-0.39, 0.29) is 5.41 Å². The summed E-state index contributed by atoms with van der Waals surface area (Å²) in [5.41, 5.74) is 6.67. The van der Waals surface area contributed by atoms with Crippen molar-refractivity contribution in [1.29, 1.82) is 0 Å². The van der Waals surface area contributed by atoms with Crippen molar-refractivity contribution in [2.75, 3.05) is 12.5 Å². The van der Waals surface area contributed by atoms with Crippen LogP contribution in [0.2, 0.25) is 0 Å². The Kier molecular flexibility index (Phi) is 3.37. The molecule has 0 aliphatic carbocycles. The summed E-state index contributed by atoms with van der Waals surface area (Å²) in [6.45, 7) is 8.45. The average molecular weight is 259 g/mol. The van der Waals surface area contributed by atoms with Gasteiger partial charge >= 0.3 is 0 Å². The largest absolute Gasteiger partial charge is 0.497 e. The third-order valence-corrected chi connectivity index (χ3v) is 3.24. The molecular formula is C15H21N3O. The summed E-state index contributed by atoms with van der Waals surface area (Å²) in [7, 11) is 1.66. The smallest absolute Gasteiger partial charge is 0.119 e. The number of hydrazine groups is 1. The highest BCUT2D eigenvalue weighted by Crippen LogP contribution is 2.32. The van der Waals surface area contributed by atoms with Crippen LogP contribution in [0.25, 0.3) is 10.9 Å². The molecule has 19 heavy (non-hydrogen) atoms. The summed E-state index contributed by atoms with van der Waals surface area (Å²) in [6.07, 6.45) is 0. The van der Waals surface area contributed by atoms with Gasteiger partial charge in [-0.15, -0.1) is 0 Å². The predicted molar refractivity (Wildman–Crippen MR) is 79.5 cm³/mol. The fraction of sp³-hybridized carbons (Fsp3) is 0.400. The Hall–Kier alpha value is -1.81. The summed E-state index contributed by atoms with van der Waals surface area (Å²) in [5.74, 6) is 6.46. The highest BCUT2D eigenvalue weighted by Gasteiger charge is 2.18. The molecule has 0 fully saturated rings. The first kappa shape index (κ1) is 13.6. The number of rotatable bonds is 2. The SMILES string of the molecule is COc1cc(C)c2nc(C(C)(C)C)cc(NN)c2c1. The summed E-state index contributed by atoms with van der Waals surface area (Å²) >= 11 is 0. The molecule has 3 N–H and O–H groups in total. The Morgan fingerprint density at radius 2 is 1.89 bits per heavy atom. The van der Waals surface area contributed by atoms with Crippen molar-refractivity contribution < 1.29 is 4.74 Å². The van der Waals surface area contributed by atoms with Crippen molar-refractivity contribution in [2.45, 2.75) is 33.1 Å². The van der Waals surface area contributed by atoms with Crippen LogP contribution in [0, 0.1) is 6.92 Å². The molecule has 0 aliphatic rings. The van der Waals surface area contributed by atoms with Gasteiger partial charge in [-0.3, -0.25) is 10.8 Å². The van der Waals surface area contributed by atoms with Crippen LogP contribution in [0.15, 0.2) is 18.2 Å². The normalized spacial score (nSPS) is 11.7. The van der Waals surface area contributed by atoms with Gasteiger partial charge in [0.15, 0.2) is 0 Å². The summed E-state index contributed by atoms with van der Waals surface area (Å²) in [4.78, 5) is 4.78. The quantitative estimate of drug-likeness (QED) is 0.642. The first-order valence-corrected chi connectivity index (χ1v) is 6.33. The van der Waals surface area contributed by atoms with Gasteiger partial charge in [0, 0.05) is 16.5 Å². The van der Waals surface area contributed by atoms with Crippen LogP contribution in [-0.4, -0.2) is 12.1 Å². The number of methoxy groups -OCH3 is 1. The van der Waals surface area contributed by atoms with Crippen molar-refractivity contribution in [3.63, 3.8) is 0 Å². The zero-order chi connectivity index (χ0) is 14.2. The molecule has 2 aromatic rings. The molecule has 0 saturated heterocycles. The standard InChI is InChI=1S/C15H21N3O/c1-9-6-10(19-5)7-11-12(18-16)8-13(15(2,3)4)17-14(9)11/h6-8H,16H2,1-5H3,(H,17,18). The molecule has 1 aromatic carbocycles. The maximum atomic E-state index is 5.65. The number of nitrogens with two attached hydrogens (primary N) is 1. The van der Waals surface area contributed by atoms with Crippen LogP contribution < -0.4 is 16.0 Å². The first-order valence-electron chi connectivity index (χ1n) is 6.33. The Morgan fingerprint density at radius 1 is 1.21 bits per heavy atom. The number of nitrogens with zero attached hydrogens (tertiary/aromatic N) is 1. The van der Waals surface area contributed by atoms with Gasteiger partial charge in [0.1, 0.15) is 5.75 Å². The van der Waals surface area contributed by atoms with Crippen molar-refractivity contribution in [2.24, 2.45) is 5.84 Å². The molecule has 1 aromatic heterocycles. The zero-order valence-electron chi connectivity index (χ0n) is 12.2. The van der Waals surface area contributed by atoms with E-state index in [0.29, 0.717) is 0 Å². The molecule has 2 rings (SSSR count). The molecule has 0 unspecified atom stereocenters. The van der Waals surface area contributed by atoms with Crippen LogP contribution in [0.1, 0.15) is 32.0 Å². The lowest BCUT2D eigenvalue weighted by Gasteiger charge is -2.20. The summed E-state index contributed by atoms with van der Waals surface area (Å²) in [6, 6.07) is 5.94. The molecule has 1 heterocycles. The highest BCUT2D eigenvalue weighted by molar-refractivity contribution is 5.94. The van der Waals surface area contributed by atoms with E-state index < -0.39 is 0 Å². The topological polar surface area (TPSA) is 60.2 Å². The number of benzene rings is 1. The maximum absolute atomic E-state index is 5.65. The van der Waals surface area contributed by atoms with Crippen molar-refractivity contribution in [3.8, 4) is 5.75 Å². The fourth-order valence-electron chi connectivity index (χ4n) is 2.09. The molecule has 0 aliphatic heterocycles. The van der Waals surface area contributed by atoms with Crippen molar-refractivity contribution in [3.05, 3.63) is 29.5 Å². The minimum atomic E-state index is -0.0217. The van der Waals surface area contributed by atoms with Gasteiger partial charge in [-0.1, -0.05) is 20.8 Å². The van der Waals surface area contributed by atoms with Crippen molar-refractivity contribution in [1.82, 2.24) is 4.98 Å². The average Bonchev–Trinajstić information content (AvgIpc) is 2.36. The maximum Gasteiger partial charge on any atom is 0.119 e. The third kappa shape index (κ3) is 2.49. The number of hydrogen-bond acceptors (Lipinski definition) is 4. The number of aromatic nitrogens is 1. The molecule has 0 bridgehead atoms. The predicted octanol–water partition coefficient (Wildman–Crippen LogP) is 3.13. The first-order chi connectivity index (χ1) is 8.86. The van der Waals surface area contributed by atoms with Gasteiger partial charge in [-0.25, -0.2) is 0 Å². The van der Waals surface area contributed by atoms with E-state index >= 15 is 0 Å². The van der Waals surface area contributed by atoms with Crippen molar-refractivity contribution >= 4 is 16.6 Å². The van der Waals surface area contributed by atoms with Gasteiger partial charge in [-0.2, -0.15) is 0 Å². The number of aryl methyl sites for hydroxylation is 1.